The normalized spacial score (nSPS) is 11.6. The van der Waals surface area contributed by atoms with E-state index in [1.165, 1.54) is 16.7 Å². The minimum absolute atomic E-state index is 0.745. The second-order valence-corrected chi connectivity index (χ2v) is 6.93. The third kappa shape index (κ3) is 3.14. The van der Waals surface area contributed by atoms with Crippen LogP contribution in [0.3, 0.4) is 0 Å². The lowest BCUT2D eigenvalue weighted by atomic mass is 10.0. The molecule has 0 aliphatic carbocycles. The van der Waals surface area contributed by atoms with Gasteiger partial charge in [-0.3, -0.25) is 4.40 Å². The summed E-state index contributed by atoms with van der Waals surface area (Å²) in [6, 6.07) is 18.4. The van der Waals surface area contributed by atoms with E-state index in [0.717, 1.165) is 34.0 Å². The summed E-state index contributed by atoms with van der Waals surface area (Å²) in [6.45, 7) is 8.39. The van der Waals surface area contributed by atoms with Crippen LogP contribution in [0.15, 0.2) is 71.0 Å². The Morgan fingerprint density at radius 3 is 2.44 bits per heavy atom. The first-order valence-corrected chi connectivity index (χ1v) is 9.07. The highest BCUT2D eigenvalue weighted by molar-refractivity contribution is 5.75. The first-order valence-electron chi connectivity index (χ1n) is 9.07. The minimum atomic E-state index is 0.745. The summed E-state index contributed by atoms with van der Waals surface area (Å²) in [5, 5.41) is 9.17. The van der Waals surface area contributed by atoms with E-state index < -0.39 is 0 Å². The van der Waals surface area contributed by atoms with Crippen LogP contribution in [0.2, 0.25) is 0 Å². The van der Waals surface area contributed by atoms with Gasteiger partial charge in [0.15, 0.2) is 5.82 Å². The highest BCUT2D eigenvalue weighted by Crippen LogP contribution is 2.33. The number of hydrogen-bond acceptors (Lipinski definition) is 3. The van der Waals surface area contributed by atoms with Crippen molar-refractivity contribution in [2.24, 2.45) is 10.2 Å². The maximum absolute atomic E-state index is 4.82. The van der Waals surface area contributed by atoms with Crippen LogP contribution in [0, 0.1) is 27.7 Å². The van der Waals surface area contributed by atoms with Gasteiger partial charge in [0.1, 0.15) is 11.3 Å². The molecule has 0 N–H and O–H groups in total. The van der Waals surface area contributed by atoms with Gasteiger partial charge in [-0.15, -0.1) is 10.2 Å². The van der Waals surface area contributed by atoms with Gasteiger partial charge in [-0.1, -0.05) is 30.3 Å². The van der Waals surface area contributed by atoms with Crippen LogP contribution in [-0.4, -0.2) is 9.38 Å². The summed E-state index contributed by atoms with van der Waals surface area (Å²) in [6.07, 6.45) is 1.98. The van der Waals surface area contributed by atoms with Gasteiger partial charge in [-0.2, -0.15) is 0 Å². The van der Waals surface area contributed by atoms with Gasteiger partial charge in [-0.25, -0.2) is 4.98 Å². The van der Waals surface area contributed by atoms with Crippen molar-refractivity contribution in [1.82, 2.24) is 9.38 Å². The zero-order valence-corrected chi connectivity index (χ0v) is 16.1. The van der Waals surface area contributed by atoms with Crippen LogP contribution >= 0.6 is 0 Å². The van der Waals surface area contributed by atoms with Crippen molar-refractivity contribution in [2.45, 2.75) is 27.7 Å². The molecular weight excluding hydrogens is 332 g/mol. The van der Waals surface area contributed by atoms with Gasteiger partial charge in [0, 0.05) is 11.8 Å². The van der Waals surface area contributed by atoms with Crippen LogP contribution in [0.5, 0.6) is 0 Å². The maximum Gasteiger partial charge on any atom is 0.187 e. The third-order valence-corrected chi connectivity index (χ3v) is 5.11. The van der Waals surface area contributed by atoms with Crippen molar-refractivity contribution in [1.29, 1.82) is 0 Å². The maximum atomic E-state index is 4.82. The predicted octanol–water partition coefficient (Wildman–Crippen LogP) is 6.65. The zero-order valence-electron chi connectivity index (χ0n) is 16.1. The number of imidazole rings is 1. The summed E-state index contributed by atoms with van der Waals surface area (Å²) in [7, 11) is 0. The molecule has 0 aliphatic rings. The first kappa shape index (κ1) is 17.2. The van der Waals surface area contributed by atoms with Gasteiger partial charge < -0.3 is 0 Å². The van der Waals surface area contributed by atoms with E-state index in [4.69, 9.17) is 4.98 Å². The minimum Gasteiger partial charge on any atom is -0.283 e. The third-order valence-electron chi connectivity index (χ3n) is 5.11. The van der Waals surface area contributed by atoms with Crippen LogP contribution in [0.1, 0.15) is 22.3 Å². The molecule has 2 aromatic heterocycles. The molecule has 0 aliphatic heterocycles. The number of fused-ring (bicyclic) bond motifs is 1. The Bertz CT molecular complexity index is 1170. The number of rotatable bonds is 3. The second-order valence-electron chi connectivity index (χ2n) is 6.93. The fourth-order valence-electron chi connectivity index (χ4n) is 3.11. The molecule has 0 spiro atoms. The van der Waals surface area contributed by atoms with Gasteiger partial charge >= 0.3 is 0 Å². The molecule has 0 saturated heterocycles. The number of aryl methyl sites for hydroxylation is 3. The number of hydrogen-bond donors (Lipinski definition) is 0. The first-order chi connectivity index (χ1) is 13.0. The van der Waals surface area contributed by atoms with E-state index >= 15 is 0 Å². The largest absolute Gasteiger partial charge is 0.283 e. The van der Waals surface area contributed by atoms with Gasteiger partial charge in [0.25, 0.3) is 0 Å². The molecule has 4 rings (SSSR count). The van der Waals surface area contributed by atoms with E-state index in [1.54, 1.807) is 0 Å². The van der Waals surface area contributed by atoms with Crippen LogP contribution in [-0.2, 0) is 0 Å². The number of benzene rings is 2. The monoisotopic (exact) mass is 354 g/mol. The Morgan fingerprint density at radius 1 is 0.778 bits per heavy atom. The summed E-state index contributed by atoms with van der Waals surface area (Å²) in [5.41, 5.74) is 8.49. The smallest absolute Gasteiger partial charge is 0.187 e. The standard InChI is InChI=1S/C23H22N4/c1-15-11-12-19(14-17(15)3)22-23(27-13-6-5-10-21(27)24-22)26-25-20-9-7-8-16(2)18(20)4/h5-14H,1-4H3. The molecule has 0 amide bonds. The quantitative estimate of drug-likeness (QED) is 0.380. The fourth-order valence-corrected chi connectivity index (χ4v) is 3.11. The van der Waals surface area contributed by atoms with Crippen molar-refractivity contribution in [2.75, 3.05) is 0 Å². The molecule has 0 bridgehead atoms. The Morgan fingerprint density at radius 2 is 1.63 bits per heavy atom. The lowest BCUT2D eigenvalue weighted by molar-refractivity contribution is 1.10. The SMILES string of the molecule is Cc1ccc(-c2nc3ccccn3c2N=Nc2cccc(C)c2C)cc1C. The van der Waals surface area contributed by atoms with E-state index in [9.17, 15) is 0 Å². The van der Waals surface area contributed by atoms with Gasteiger partial charge in [-0.05, 0) is 74.2 Å². The predicted molar refractivity (Wildman–Crippen MR) is 110 cm³/mol. The van der Waals surface area contributed by atoms with Gasteiger partial charge in [0.05, 0.1) is 5.69 Å². The highest BCUT2D eigenvalue weighted by atomic mass is 15.2. The van der Waals surface area contributed by atoms with Crippen molar-refractivity contribution >= 4 is 17.2 Å². The summed E-state index contributed by atoms with van der Waals surface area (Å²) >= 11 is 0. The molecule has 27 heavy (non-hydrogen) atoms. The van der Waals surface area contributed by atoms with Crippen LogP contribution < -0.4 is 0 Å². The number of azo groups is 1. The number of nitrogens with zero attached hydrogens (tertiary/aromatic N) is 4. The molecular formula is C23H22N4. The van der Waals surface area contributed by atoms with Crippen LogP contribution in [0.4, 0.5) is 11.5 Å². The highest BCUT2D eigenvalue weighted by Gasteiger charge is 2.14. The zero-order chi connectivity index (χ0) is 19.0. The molecule has 0 atom stereocenters. The second kappa shape index (κ2) is 6.80. The van der Waals surface area contributed by atoms with Gasteiger partial charge in [0.2, 0.25) is 0 Å². The Labute approximate surface area is 159 Å². The molecule has 4 heteroatoms. The molecule has 0 saturated carbocycles. The number of aromatic nitrogens is 2. The topological polar surface area (TPSA) is 42.0 Å². The Balaban J connectivity index is 1.89. The lowest BCUT2D eigenvalue weighted by Gasteiger charge is -2.05. The molecule has 0 fully saturated rings. The lowest BCUT2D eigenvalue weighted by Crippen LogP contribution is -1.85. The average molecular weight is 354 g/mol. The summed E-state index contributed by atoms with van der Waals surface area (Å²) in [4.78, 5) is 4.82. The fraction of sp³-hybridized carbons (Fsp3) is 0.174. The molecule has 4 nitrogen and oxygen atoms in total. The Kier molecular flexibility index (Phi) is 4.32. The molecule has 0 radical (unpaired) electrons. The summed E-state index contributed by atoms with van der Waals surface area (Å²) < 4.78 is 1.99. The molecule has 2 aromatic carbocycles. The van der Waals surface area contributed by atoms with E-state index in [1.807, 2.05) is 40.9 Å². The van der Waals surface area contributed by atoms with E-state index in [2.05, 4.69) is 62.2 Å². The van der Waals surface area contributed by atoms with Crippen LogP contribution in [0.25, 0.3) is 16.9 Å². The molecule has 2 heterocycles. The molecule has 0 unspecified atom stereocenters. The van der Waals surface area contributed by atoms with E-state index in [0.29, 0.717) is 0 Å². The van der Waals surface area contributed by atoms with Crippen molar-refractivity contribution < 1.29 is 0 Å². The molecule has 134 valence electrons. The average Bonchev–Trinajstić information content (AvgIpc) is 3.04. The van der Waals surface area contributed by atoms with E-state index in [-0.39, 0.29) is 0 Å². The van der Waals surface area contributed by atoms with Crippen molar-refractivity contribution in [3.63, 3.8) is 0 Å². The Hall–Kier alpha value is -3.27. The van der Waals surface area contributed by atoms with Crippen molar-refractivity contribution in [3.05, 3.63) is 83.0 Å². The number of pyridine rings is 1. The molecule has 4 aromatic rings. The van der Waals surface area contributed by atoms with Crippen molar-refractivity contribution in [3.8, 4) is 11.3 Å². The summed E-state index contributed by atoms with van der Waals surface area (Å²) in [5.74, 6) is 0.745.